The second-order valence-electron chi connectivity index (χ2n) is 7.04. The number of carbonyl (C=O) groups excluding carboxylic acids is 1. The van der Waals surface area contributed by atoms with E-state index in [1.54, 1.807) is 12.2 Å². The molecule has 1 aliphatic heterocycles. The second kappa shape index (κ2) is 11.2. The Bertz CT molecular complexity index is 797. The Morgan fingerprint density at radius 2 is 1.86 bits per heavy atom. The largest absolute Gasteiger partial charge is 0.490 e. The number of nitrogens with one attached hydrogen (secondary N) is 2. The van der Waals surface area contributed by atoms with E-state index in [0.717, 1.165) is 49.7 Å². The summed E-state index contributed by atoms with van der Waals surface area (Å²) in [4.78, 5) is 14.0. The summed E-state index contributed by atoms with van der Waals surface area (Å²) in [6, 6.07) is 17.7. The van der Waals surface area contributed by atoms with Crippen molar-refractivity contribution in [1.29, 1.82) is 0 Å². The molecule has 2 aromatic rings. The number of amides is 1. The maximum Gasteiger partial charge on any atom is 0.244 e. The molecule has 1 amide bonds. The molecule has 5 heteroatoms. The van der Waals surface area contributed by atoms with E-state index < -0.39 is 0 Å². The molecule has 0 saturated carbocycles. The zero-order valence-corrected chi connectivity index (χ0v) is 16.7. The van der Waals surface area contributed by atoms with Crippen LogP contribution in [0.1, 0.15) is 17.2 Å². The minimum Gasteiger partial charge on any atom is -0.490 e. The Morgan fingerprint density at radius 1 is 1.14 bits per heavy atom. The first-order valence-corrected chi connectivity index (χ1v) is 10.0. The fourth-order valence-electron chi connectivity index (χ4n) is 3.31. The van der Waals surface area contributed by atoms with E-state index in [9.17, 15) is 4.79 Å². The van der Waals surface area contributed by atoms with Gasteiger partial charge in [-0.15, -0.1) is 0 Å². The van der Waals surface area contributed by atoms with E-state index in [2.05, 4.69) is 24.0 Å². The van der Waals surface area contributed by atoms with Crippen LogP contribution in [0.3, 0.4) is 0 Å². The summed E-state index contributed by atoms with van der Waals surface area (Å²) < 4.78 is 10.9. The number of carbonyl (C=O) groups is 1. The highest BCUT2D eigenvalue weighted by atomic mass is 16.5. The molecule has 1 fully saturated rings. The quantitative estimate of drug-likeness (QED) is 0.506. The molecule has 152 valence electrons. The van der Waals surface area contributed by atoms with Gasteiger partial charge in [-0.3, -0.25) is 4.79 Å². The van der Waals surface area contributed by atoms with E-state index in [0.29, 0.717) is 6.61 Å². The number of morpholine rings is 1. The van der Waals surface area contributed by atoms with E-state index in [-0.39, 0.29) is 11.9 Å². The van der Waals surface area contributed by atoms with Gasteiger partial charge in [0.05, 0.1) is 13.2 Å². The molecule has 1 saturated heterocycles. The first kappa shape index (κ1) is 20.8. The topological polar surface area (TPSA) is 52.0 Å². The summed E-state index contributed by atoms with van der Waals surface area (Å²) in [5.41, 5.74) is 2.07. The third kappa shape index (κ3) is 6.89. The second-order valence-corrected chi connectivity index (χ2v) is 7.04. The number of hydrogen-bond acceptors (Lipinski definition) is 3. The predicted octanol–water partition coefficient (Wildman–Crippen LogP) is 2.04. The van der Waals surface area contributed by atoms with Crippen molar-refractivity contribution in [3.8, 4) is 5.75 Å². The van der Waals surface area contributed by atoms with Crippen molar-refractivity contribution in [2.75, 3.05) is 39.5 Å². The molecule has 0 aliphatic carbocycles. The van der Waals surface area contributed by atoms with Gasteiger partial charge in [0.1, 0.15) is 38.0 Å². The minimum absolute atomic E-state index is 0.0314. The van der Waals surface area contributed by atoms with E-state index in [4.69, 9.17) is 9.47 Å². The van der Waals surface area contributed by atoms with Crippen molar-refractivity contribution in [2.45, 2.75) is 6.04 Å². The Labute approximate surface area is 172 Å². The van der Waals surface area contributed by atoms with Crippen molar-refractivity contribution in [1.82, 2.24) is 5.32 Å². The van der Waals surface area contributed by atoms with Gasteiger partial charge in [0.25, 0.3) is 0 Å². The Balaban J connectivity index is 1.61. The molecule has 2 aromatic carbocycles. The first-order chi connectivity index (χ1) is 14.2. The SMILES string of the molecule is C=CCOc1ccc(/C=C/C(=O)N[C@H](C[NH+]2CCOCC2)c2ccccc2)cc1. The molecule has 3 rings (SSSR count). The van der Waals surface area contributed by atoms with Gasteiger partial charge >= 0.3 is 0 Å². The molecule has 0 spiro atoms. The van der Waals surface area contributed by atoms with Crippen LogP contribution in [-0.2, 0) is 9.53 Å². The van der Waals surface area contributed by atoms with Crippen molar-refractivity contribution < 1.29 is 19.2 Å². The Morgan fingerprint density at radius 3 is 2.55 bits per heavy atom. The Kier molecular flexibility index (Phi) is 8.04. The lowest BCUT2D eigenvalue weighted by molar-refractivity contribution is -0.909. The summed E-state index contributed by atoms with van der Waals surface area (Å²) in [6.07, 6.45) is 5.11. The van der Waals surface area contributed by atoms with Crippen molar-refractivity contribution in [2.24, 2.45) is 0 Å². The molecule has 0 bridgehead atoms. The molecule has 1 aliphatic rings. The standard InChI is InChI=1S/C24H28N2O3/c1-2-16-29-22-11-8-20(9-12-22)10-13-24(27)25-23(21-6-4-3-5-7-21)19-26-14-17-28-18-15-26/h2-13,23H,1,14-19H2,(H,25,27)/p+1/b13-10+/t23-/m1/s1. The van der Waals surface area contributed by atoms with Crippen LogP contribution < -0.4 is 15.0 Å². The number of ether oxygens (including phenoxy) is 2. The van der Waals surface area contributed by atoms with E-state index in [1.165, 1.54) is 4.90 Å². The highest BCUT2D eigenvalue weighted by Gasteiger charge is 2.22. The molecule has 0 aromatic heterocycles. The van der Waals surface area contributed by atoms with Crippen LogP contribution in [0.4, 0.5) is 0 Å². The molecule has 0 unspecified atom stereocenters. The average Bonchev–Trinajstić information content (AvgIpc) is 2.78. The molecule has 1 atom stereocenters. The maximum absolute atomic E-state index is 12.6. The average molecular weight is 394 g/mol. The zero-order valence-electron chi connectivity index (χ0n) is 16.7. The third-order valence-corrected chi connectivity index (χ3v) is 4.89. The fraction of sp³-hybridized carbons (Fsp3) is 0.292. The number of quaternary nitrogens is 1. The Hall–Kier alpha value is -2.89. The highest BCUT2D eigenvalue weighted by molar-refractivity contribution is 5.92. The van der Waals surface area contributed by atoms with Gasteiger partial charge in [0, 0.05) is 6.08 Å². The van der Waals surface area contributed by atoms with Crippen LogP contribution >= 0.6 is 0 Å². The van der Waals surface area contributed by atoms with Crippen LogP contribution in [0.2, 0.25) is 0 Å². The van der Waals surface area contributed by atoms with Crippen LogP contribution in [0.15, 0.2) is 73.3 Å². The molecule has 1 heterocycles. The fourth-order valence-corrected chi connectivity index (χ4v) is 3.31. The van der Waals surface area contributed by atoms with Gasteiger partial charge < -0.3 is 19.7 Å². The number of benzene rings is 2. The lowest BCUT2D eigenvalue weighted by Crippen LogP contribution is -3.14. The molecule has 2 N–H and O–H groups in total. The van der Waals surface area contributed by atoms with Gasteiger partial charge in [0.2, 0.25) is 5.91 Å². The third-order valence-electron chi connectivity index (χ3n) is 4.89. The van der Waals surface area contributed by atoms with Gasteiger partial charge in [-0.2, -0.15) is 0 Å². The monoisotopic (exact) mass is 393 g/mol. The van der Waals surface area contributed by atoms with Crippen LogP contribution in [-0.4, -0.2) is 45.4 Å². The normalized spacial score (nSPS) is 15.7. The predicted molar refractivity (Wildman–Crippen MR) is 115 cm³/mol. The summed E-state index contributed by atoms with van der Waals surface area (Å²) >= 11 is 0. The van der Waals surface area contributed by atoms with Crippen LogP contribution in [0.5, 0.6) is 5.75 Å². The van der Waals surface area contributed by atoms with Gasteiger partial charge in [-0.1, -0.05) is 55.1 Å². The highest BCUT2D eigenvalue weighted by Crippen LogP contribution is 2.14. The summed E-state index contributed by atoms with van der Waals surface area (Å²) in [6.45, 7) is 8.45. The van der Waals surface area contributed by atoms with Gasteiger partial charge in [-0.25, -0.2) is 0 Å². The van der Waals surface area contributed by atoms with Crippen LogP contribution in [0.25, 0.3) is 6.08 Å². The summed E-state index contributed by atoms with van der Waals surface area (Å²) in [5, 5.41) is 3.17. The van der Waals surface area contributed by atoms with Crippen molar-refractivity contribution in [3.05, 3.63) is 84.5 Å². The molecular weight excluding hydrogens is 364 g/mol. The van der Waals surface area contributed by atoms with Crippen molar-refractivity contribution in [3.63, 3.8) is 0 Å². The lowest BCUT2D eigenvalue weighted by Gasteiger charge is -2.28. The first-order valence-electron chi connectivity index (χ1n) is 10.0. The number of hydrogen-bond donors (Lipinski definition) is 2. The summed E-state index contributed by atoms with van der Waals surface area (Å²) in [5.74, 6) is 0.683. The smallest absolute Gasteiger partial charge is 0.244 e. The van der Waals surface area contributed by atoms with E-state index >= 15 is 0 Å². The number of rotatable bonds is 9. The van der Waals surface area contributed by atoms with E-state index in [1.807, 2.05) is 48.5 Å². The minimum atomic E-state index is -0.0986. The molecule has 0 radical (unpaired) electrons. The zero-order chi connectivity index (χ0) is 20.3. The molecule has 5 nitrogen and oxygen atoms in total. The molecule has 29 heavy (non-hydrogen) atoms. The maximum atomic E-state index is 12.6. The van der Waals surface area contributed by atoms with Gasteiger partial charge in [0.15, 0.2) is 0 Å². The summed E-state index contributed by atoms with van der Waals surface area (Å²) in [7, 11) is 0. The lowest BCUT2D eigenvalue weighted by atomic mass is 10.1. The van der Waals surface area contributed by atoms with Gasteiger partial charge in [-0.05, 0) is 29.3 Å². The molecular formula is C24H29N2O3+. The van der Waals surface area contributed by atoms with Crippen LogP contribution in [0, 0.1) is 0 Å². The van der Waals surface area contributed by atoms with Crippen molar-refractivity contribution >= 4 is 12.0 Å².